The van der Waals surface area contributed by atoms with Gasteiger partial charge in [-0.15, -0.1) is 16.8 Å². The maximum Gasteiger partial charge on any atom is 0.261 e. The van der Waals surface area contributed by atoms with Crippen LogP contribution < -0.4 is 0 Å². The van der Waals surface area contributed by atoms with Crippen molar-refractivity contribution in [1.82, 2.24) is 25.1 Å². The number of tetrazole rings is 1. The van der Waals surface area contributed by atoms with Crippen LogP contribution in [0.2, 0.25) is 0 Å². The van der Waals surface area contributed by atoms with Crippen molar-refractivity contribution in [2.24, 2.45) is 0 Å². The molecule has 0 radical (unpaired) electrons. The van der Waals surface area contributed by atoms with Crippen LogP contribution in [0.4, 0.5) is 0 Å². The molecule has 21 heavy (non-hydrogen) atoms. The van der Waals surface area contributed by atoms with Crippen molar-refractivity contribution < 1.29 is 9.59 Å². The van der Waals surface area contributed by atoms with E-state index in [1.165, 1.54) is 9.70 Å². The SMILES string of the molecule is C=CCn1nnc(CCN2C(=O)c3ccccc3C2=O)n1. The van der Waals surface area contributed by atoms with Gasteiger partial charge in [0.05, 0.1) is 17.7 Å². The van der Waals surface area contributed by atoms with Gasteiger partial charge in [-0.05, 0) is 17.3 Å². The van der Waals surface area contributed by atoms with E-state index in [0.29, 0.717) is 29.9 Å². The highest BCUT2D eigenvalue weighted by molar-refractivity contribution is 6.21. The normalized spacial score (nSPS) is 13.6. The third-order valence-electron chi connectivity index (χ3n) is 3.22. The van der Waals surface area contributed by atoms with Gasteiger partial charge in [0.25, 0.3) is 11.8 Å². The number of rotatable bonds is 5. The van der Waals surface area contributed by atoms with Crippen molar-refractivity contribution in [3.8, 4) is 0 Å². The van der Waals surface area contributed by atoms with Crippen molar-refractivity contribution in [3.05, 3.63) is 53.9 Å². The number of allylic oxidation sites excluding steroid dienone is 1. The zero-order valence-electron chi connectivity index (χ0n) is 11.3. The van der Waals surface area contributed by atoms with E-state index in [1.807, 2.05) is 0 Å². The van der Waals surface area contributed by atoms with E-state index in [0.717, 1.165) is 0 Å². The summed E-state index contributed by atoms with van der Waals surface area (Å²) in [7, 11) is 0. The number of fused-ring (bicyclic) bond motifs is 1. The van der Waals surface area contributed by atoms with Crippen LogP contribution in [0.1, 0.15) is 26.5 Å². The Kier molecular flexibility index (Phi) is 3.31. The van der Waals surface area contributed by atoms with E-state index in [1.54, 1.807) is 30.3 Å². The maximum atomic E-state index is 12.2. The van der Waals surface area contributed by atoms with Crippen LogP contribution >= 0.6 is 0 Å². The molecule has 1 aliphatic rings. The second-order valence-corrected chi connectivity index (χ2v) is 4.61. The summed E-state index contributed by atoms with van der Waals surface area (Å²) in [4.78, 5) is 27.0. The third-order valence-corrected chi connectivity index (χ3v) is 3.22. The summed E-state index contributed by atoms with van der Waals surface area (Å²) in [6.07, 6.45) is 2.04. The number of hydrogen-bond acceptors (Lipinski definition) is 5. The van der Waals surface area contributed by atoms with Crippen LogP contribution in [0.5, 0.6) is 0 Å². The molecule has 7 nitrogen and oxygen atoms in total. The predicted molar refractivity (Wildman–Crippen MR) is 73.5 cm³/mol. The average molecular weight is 283 g/mol. The van der Waals surface area contributed by atoms with Crippen molar-refractivity contribution in [2.45, 2.75) is 13.0 Å². The van der Waals surface area contributed by atoms with Crippen molar-refractivity contribution >= 4 is 11.8 Å². The van der Waals surface area contributed by atoms with E-state index in [4.69, 9.17) is 0 Å². The molecule has 1 aliphatic heterocycles. The minimum absolute atomic E-state index is 0.242. The first-order valence-corrected chi connectivity index (χ1v) is 6.53. The Morgan fingerprint density at radius 2 is 1.81 bits per heavy atom. The van der Waals surface area contributed by atoms with Gasteiger partial charge in [-0.25, -0.2) is 0 Å². The summed E-state index contributed by atoms with van der Waals surface area (Å²) in [5.74, 6) is -0.0448. The second kappa shape index (κ2) is 5.28. The first-order valence-electron chi connectivity index (χ1n) is 6.53. The van der Waals surface area contributed by atoms with Crippen LogP contribution in [0.3, 0.4) is 0 Å². The molecule has 2 aromatic rings. The van der Waals surface area contributed by atoms with Crippen molar-refractivity contribution in [2.75, 3.05) is 6.54 Å². The van der Waals surface area contributed by atoms with Crippen LogP contribution in [0.25, 0.3) is 0 Å². The van der Waals surface area contributed by atoms with Crippen LogP contribution in [-0.4, -0.2) is 43.5 Å². The minimum Gasteiger partial charge on any atom is -0.274 e. The predicted octanol–water partition coefficient (Wildman–Crippen LogP) is 0.698. The summed E-state index contributed by atoms with van der Waals surface area (Å²) in [6, 6.07) is 6.81. The molecule has 0 saturated heterocycles. The quantitative estimate of drug-likeness (QED) is 0.596. The van der Waals surface area contributed by atoms with E-state index >= 15 is 0 Å². The van der Waals surface area contributed by atoms with Gasteiger partial charge >= 0.3 is 0 Å². The minimum atomic E-state index is -0.269. The number of carbonyl (C=O) groups is 2. The Morgan fingerprint density at radius 1 is 1.14 bits per heavy atom. The van der Waals surface area contributed by atoms with Gasteiger partial charge in [0.15, 0.2) is 5.82 Å². The molecule has 3 rings (SSSR count). The maximum absolute atomic E-state index is 12.2. The number of aromatic nitrogens is 4. The molecule has 0 spiro atoms. The van der Waals surface area contributed by atoms with E-state index in [-0.39, 0.29) is 18.4 Å². The molecule has 0 aliphatic carbocycles. The molecular weight excluding hydrogens is 270 g/mol. The number of nitrogens with zero attached hydrogens (tertiary/aromatic N) is 5. The topological polar surface area (TPSA) is 81.0 Å². The lowest BCUT2D eigenvalue weighted by atomic mass is 10.1. The molecular formula is C14H13N5O2. The van der Waals surface area contributed by atoms with Gasteiger partial charge in [0, 0.05) is 13.0 Å². The molecule has 0 fully saturated rings. The first kappa shape index (κ1) is 13.2. The molecule has 0 bridgehead atoms. The molecule has 0 atom stereocenters. The zero-order valence-corrected chi connectivity index (χ0v) is 11.3. The molecule has 0 saturated carbocycles. The van der Waals surface area contributed by atoms with E-state index < -0.39 is 0 Å². The number of benzene rings is 1. The fourth-order valence-electron chi connectivity index (χ4n) is 2.22. The Balaban J connectivity index is 1.70. The smallest absolute Gasteiger partial charge is 0.261 e. The standard InChI is InChI=1S/C14H13N5O2/c1-2-8-19-16-12(15-17-19)7-9-18-13(20)10-5-3-4-6-11(10)14(18)21/h2-6H,1,7-9H2. The molecule has 1 aromatic carbocycles. The highest BCUT2D eigenvalue weighted by atomic mass is 16.2. The summed E-state index contributed by atoms with van der Waals surface area (Å²) in [5.41, 5.74) is 0.900. The highest BCUT2D eigenvalue weighted by Gasteiger charge is 2.34. The molecule has 2 heterocycles. The lowest BCUT2D eigenvalue weighted by Gasteiger charge is -2.11. The van der Waals surface area contributed by atoms with Crippen molar-refractivity contribution in [1.29, 1.82) is 0 Å². The fraction of sp³-hybridized carbons (Fsp3) is 0.214. The van der Waals surface area contributed by atoms with Crippen LogP contribution in [-0.2, 0) is 13.0 Å². The summed E-state index contributed by atoms with van der Waals surface area (Å²) < 4.78 is 0. The van der Waals surface area contributed by atoms with Gasteiger partial charge in [0.1, 0.15) is 0 Å². The molecule has 0 unspecified atom stereocenters. The number of amides is 2. The van der Waals surface area contributed by atoms with Crippen molar-refractivity contribution in [3.63, 3.8) is 0 Å². The highest BCUT2D eigenvalue weighted by Crippen LogP contribution is 2.22. The lowest BCUT2D eigenvalue weighted by molar-refractivity contribution is 0.0655. The largest absolute Gasteiger partial charge is 0.274 e. The monoisotopic (exact) mass is 283 g/mol. The fourth-order valence-corrected chi connectivity index (χ4v) is 2.22. The van der Waals surface area contributed by atoms with E-state index in [2.05, 4.69) is 22.0 Å². The molecule has 106 valence electrons. The van der Waals surface area contributed by atoms with Gasteiger partial charge in [-0.3, -0.25) is 14.5 Å². The Morgan fingerprint density at radius 3 is 2.43 bits per heavy atom. The number of imide groups is 1. The number of carbonyl (C=O) groups excluding carboxylic acids is 2. The summed E-state index contributed by atoms with van der Waals surface area (Å²) in [6.45, 7) is 4.31. The summed E-state index contributed by atoms with van der Waals surface area (Å²) in [5, 5.41) is 11.9. The second-order valence-electron chi connectivity index (χ2n) is 4.61. The molecule has 0 N–H and O–H groups in total. The Labute approximate surface area is 120 Å². The Hall–Kier alpha value is -2.83. The average Bonchev–Trinajstić information content (AvgIpc) is 3.03. The third kappa shape index (κ3) is 2.33. The first-order chi connectivity index (χ1) is 10.2. The van der Waals surface area contributed by atoms with Gasteiger partial charge in [-0.2, -0.15) is 4.80 Å². The molecule has 2 amide bonds. The lowest BCUT2D eigenvalue weighted by Crippen LogP contribution is -2.32. The zero-order chi connectivity index (χ0) is 14.8. The van der Waals surface area contributed by atoms with Crippen LogP contribution in [0, 0.1) is 0 Å². The van der Waals surface area contributed by atoms with Gasteiger partial charge in [0.2, 0.25) is 0 Å². The molecule has 7 heteroatoms. The Bertz CT molecular complexity index is 687. The summed E-state index contributed by atoms with van der Waals surface area (Å²) >= 11 is 0. The van der Waals surface area contributed by atoms with Crippen LogP contribution in [0.15, 0.2) is 36.9 Å². The van der Waals surface area contributed by atoms with E-state index in [9.17, 15) is 9.59 Å². The molecule has 1 aromatic heterocycles. The van der Waals surface area contributed by atoms with Gasteiger partial charge in [-0.1, -0.05) is 18.2 Å². The number of hydrogen-bond donors (Lipinski definition) is 0. The van der Waals surface area contributed by atoms with Gasteiger partial charge < -0.3 is 0 Å².